The van der Waals surface area contributed by atoms with Crippen molar-refractivity contribution in [2.75, 3.05) is 26.4 Å². The third kappa shape index (κ3) is 6.94. The van der Waals surface area contributed by atoms with E-state index in [1.807, 2.05) is 18.2 Å². The number of likely N-dealkylation sites (tertiary alicyclic amines) is 1. The maximum atomic E-state index is 13.9. The Hall–Kier alpha value is -3.28. The molecule has 2 aromatic carbocycles. The molecule has 0 N–H and O–H groups in total. The van der Waals surface area contributed by atoms with Gasteiger partial charge in [-0.1, -0.05) is 12.1 Å². The molecule has 0 bridgehead atoms. The van der Waals surface area contributed by atoms with Gasteiger partial charge < -0.3 is 19.3 Å². The highest BCUT2D eigenvalue weighted by Gasteiger charge is 2.54. The Morgan fingerprint density at radius 3 is 2.44 bits per heavy atom. The minimum Gasteiger partial charge on any atom is -0.473 e. The van der Waals surface area contributed by atoms with Crippen molar-refractivity contribution in [1.29, 1.82) is 0 Å². The van der Waals surface area contributed by atoms with Crippen molar-refractivity contribution in [2.45, 2.75) is 76.3 Å². The number of carbonyl (C=O) groups excluding carboxylic acids is 2. The largest absolute Gasteiger partial charge is 0.473 e. The number of benzene rings is 2. The van der Waals surface area contributed by atoms with Crippen LogP contribution < -0.4 is 4.74 Å². The fourth-order valence-corrected chi connectivity index (χ4v) is 6.84. The lowest BCUT2D eigenvalue weighted by Gasteiger charge is -2.39. The summed E-state index contributed by atoms with van der Waals surface area (Å²) >= 11 is 0. The first-order chi connectivity index (χ1) is 20.3. The summed E-state index contributed by atoms with van der Waals surface area (Å²) in [5.41, 5.74) is -1.02. The second kappa shape index (κ2) is 12.0. The van der Waals surface area contributed by atoms with Gasteiger partial charge in [-0.2, -0.15) is 26.3 Å². The number of ether oxygens (including phenoxy) is 2. The molecule has 5 rings (SSSR count). The third-order valence-electron chi connectivity index (χ3n) is 8.90. The van der Waals surface area contributed by atoms with E-state index < -0.39 is 35.7 Å². The van der Waals surface area contributed by atoms with Gasteiger partial charge in [0.05, 0.1) is 36.1 Å². The fourth-order valence-electron chi connectivity index (χ4n) is 6.84. The van der Waals surface area contributed by atoms with Gasteiger partial charge in [-0.3, -0.25) is 4.79 Å². The molecule has 1 saturated carbocycles. The van der Waals surface area contributed by atoms with Gasteiger partial charge >= 0.3 is 18.3 Å². The van der Waals surface area contributed by atoms with E-state index >= 15 is 0 Å². The van der Waals surface area contributed by atoms with Crippen LogP contribution in [0.3, 0.4) is 0 Å². The highest BCUT2D eigenvalue weighted by Crippen LogP contribution is 2.50. The van der Waals surface area contributed by atoms with E-state index in [4.69, 9.17) is 9.47 Å². The Morgan fingerprint density at radius 1 is 1.02 bits per heavy atom. The quantitative estimate of drug-likeness (QED) is 0.262. The highest BCUT2D eigenvalue weighted by molar-refractivity contribution is 5.89. The van der Waals surface area contributed by atoms with E-state index in [-0.39, 0.29) is 62.0 Å². The number of alkyl halides is 6. The number of piperidine rings is 1. The first-order valence-corrected chi connectivity index (χ1v) is 14.5. The van der Waals surface area contributed by atoms with Gasteiger partial charge in [-0.15, -0.1) is 0 Å². The summed E-state index contributed by atoms with van der Waals surface area (Å²) in [4.78, 5) is 29.2. The molecule has 12 heteroatoms. The van der Waals surface area contributed by atoms with Crippen LogP contribution in [0.1, 0.15) is 78.4 Å². The maximum Gasteiger partial charge on any atom is 0.416 e. The summed E-state index contributed by atoms with van der Waals surface area (Å²) in [5, 5.41) is 0. The van der Waals surface area contributed by atoms with Gasteiger partial charge in [-0.05, 0) is 93.9 Å². The fraction of sp³-hybridized carbons (Fsp3) is 0.548. The van der Waals surface area contributed by atoms with Crippen LogP contribution in [0.5, 0.6) is 5.75 Å². The summed E-state index contributed by atoms with van der Waals surface area (Å²) in [5.74, 6) is -0.759. The molecule has 2 atom stereocenters. The topological polar surface area (TPSA) is 59.1 Å². The highest BCUT2D eigenvalue weighted by atomic mass is 19.4. The predicted octanol–water partition coefficient (Wildman–Crippen LogP) is 6.93. The van der Waals surface area contributed by atoms with Crippen LogP contribution in [-0.4, -0.2) is 60.3 Å². The zero-order chi connectivity index (χ0) is 31.0. The number of carbonyl (C=O) groups is 2. The Balaban J connectivity index is 1.27. The van der Waals surface area contributed by atoms with Crippen LogP contribution in [0.4, 0.5) is 26.3 Å². The summed E-state index contributed by atoms with van der Waals surface area (Å²) < 4.78 is 92.0. The number of hydrogen-bond acceptors (Lipinski definition) is 5. The van der Waals surface area contributed by atoms with Crippen molar-refractivity contribution in [2.24, 2.45) is 5.41 Å². The zero-order valence-electron chi connectivity index (χ0n) is 23.8. The number of rotatable bonds is 6. The summed E-state index contributed by atoms with van der Waals surface area (Å²) in [6.45, 7) is 2.71. The van der Waals surface area contributed by atoms with Crippen LogP contribution in [-0.2, 0) is 22.3 Å². The molecular weight excluding hydrogens is 578 g/mol. The van der Waals surface area contributed by atoms with Crippen molar-refractivity contribution in [3.8, 4) is 5.75 Å². The first kappa shape index (κ1) is 31.2. The molecule has 0 aromatic heterocycles. The minimum absolute atomic E-state index is 0.0142. The monoisotopic (exact) mass is 612 g/mol. The molecule has 2 aromatic rings. The van der Waals surface area contributed by atoms with Gasteiger partial charge in [-0.25, -0.2) is 4.79 Å². The number of halogens is 6. The lowest BCUT2D eigenvalue weighted by Crippen LogP contribution is -2.48. The molecule has 234 valence electrons. The molecule has 6 nitrogen and oxygen atoms in total. The molecule has 0 radical (unpaired) electrons. The molecule has 1 unspecified atom stereocenters. The van der Waals surface area contributed by atoms with E-state index in [0.717, 1.165) is 35.4 Å². The zero-order valence-corrected chi connectivity index (χ0v) is 23.8. The summed E-state index contributed by atoms with van der Waals surface area (Å²) in [7, 11) is 0. The van der Waals surface area contributed by atoms with E-state index in [1.165, 1.54) is 6.07 Å². The molecule has 0 spiro atoms. The van der Waals surface area contributed by atoms with E-state index in [9.17, 15) is 35.9 Å². The molecule has 2 aliphatic heterocycles. The average molecular weight is 613 g/mol. The molecule has 1 amide bonds. The van der Waals surface area contributed by atoms with Crippen LogP contribution in [0.2, 0.25) is 0 Å². The SMILES string of the molecule is CCOC(=O)c1cccc(C2CCN([C@@H]3CCC(CC(F)(F)F)(C(=O)N4COc5ccc(C(F)(F)F)cc5C4)C3)CC2)c1. The van der Waals surface area contributed by atoms with Crippen molar-refractivity contribution < 1.29 is 45.4 Å². The third-order valence-corrected chi connectivity index (χ3v) is 8.90. The normalized spacial score (nSPS) is 23.5. The standard InChI is InChI=1S/C31H34F6N2O4/c1-2-42-27(40)22-5-3-4-21(14-22)20-9-12-38(13-10-20)25-8-11-29(16-25,18-30(32,33)34)28(41)39-17-23-15-24(31(35,36)37)6-7-26(23)43-19-39/h3-7,14-15,20,25H,2,8-13,16-19H2,1H3/t25-,29?/m1/s1. The number of amides is 1. The lowest BCUT2D eigenvalue weighted by molar-refractivity contribution is -0.177. The van der Waals surface area contributed by atoms with E-state index in [2.05, 4.69) is 4.90 Å². The minimum atomic E-state index is -4.60. The van der Waals surface area contributed by atoms with E-state index in [1.54, 1.807) is 13.0 Å². The van der Waals surface area contributed by atoms with Gasteiger partial charge in [0.15, 0.2) is 6.73 Å². The van der Waals surface area contributed by atoms with Gasteiger partial charge in [0.2, 0.25) is 5.91 Å². The second-order valence-electron chi connectivity index (χ2n) is 11.7. The molecule has 2 heterocycles. The molecule has 1 aliphatic carbocycles. The first-order valence-electron chi connectivity index (χ1n) is 14.5. The van der Waals surface area contributed by atoms with Crippen molar-refractivity contribution >= 4 is 11.9 Å². The molecule has 1 saturated heterocycles. The molecular formula is C31H34F6N2O4. The number of esters is 1. The van der Waals surface area contributed by atoms with Crippen LogP contribution in [0.25, 0.3) is 0 Å². The van der Waals surface area contributed by atoms with Gasteiger partial charge in [0.1, 0.15) is 5.75 Å². The summed E-state index contributed by atoms with van der Waals surface area (Å²) in [6, 6.07) is 10.0. The maximum absolute atomic E-state index is 13.9. The second-order valence-corrected chi connectivity index (χ2v) is 11.7. The Morgan fingerprint density at radius 2 is 1.77 bits per heavy atom. The predicted molar refractivity (Wildman–Crippen MR) is 144 cm³/mol. The Bertz CT molecular complexity index is 1340. The number of nitrogens with zero attached hydrogens (tertiary/aromatic N) is 2. The van der Waals surface area contributed by atoms with E-state index in [0.29, 0.717) is 25.1 Å². The average Bonchev–Trinajstić information content (AvgIpc) is 3.39. The van der Waals surface area contributed by atoms with Crippen LogP contribution >= 0.6 is 0 Å². The Kier molecular flexibility index (Phi) is 8.70. The smallest absolute Gasteiger partial charge is 0.416 e. The van der Waals surface area contributed by atoms with Gasteiger partial charge in [0, 0.05) is 11.6 Å². The van der Waals surface area contributed by atoms with Crippen molar-refractivity contribution in [3.63, 3.8) is 0 Å². The number of fused-ring (bicyclic) bond motifs is 1. The molecule has 43 heavy (non-hydrogen) atoms. The van der Waals surface area contributed by atoms with Gasteiger partial charge in [0.25, 0.3) is 0 Å². The molecule has 3 aliphatic rings. The van der Waals surface area contributed by atoms with Crippen LogP contribution in [0.15, 0.2) is 42.5 Å². The summed E-state index contributed by atoms with van der Waals surface area (Å²) in [6.07, 6.45) is -8.53. The van der Waals surface area contributed by atoms with Crippen molar-refractivity contribution in [3.05, 3.63) is 64.7 Å². The van der Waals surface area contributed by atoms with Crippen LogP contribution in [0, 0.1) is 5.41 Å². The molecule has 2 fully saturated rings. The van der Waals surface area contributed by atoms with Crippen molar-refractivity contribution in [1.82, 2.24) is 9.80 Å². The number of hydrogen-bond donors (Lipinski definition) is 0. The Labute approximate surface area is 245 Å². The lowest BCUT2D eigenvalue weighted by atomic mass is 9.80.